The van der Waals surface area contributed by atoms with Crippen molar-refractivity contribution in [1.82, 2.24) is 0 Å². The van der Waals surface area contributed by atoms with Gasteiger partial charge in [0.1, 0.15) is 5.75 Å². The van der Waals surface area contributed by atoms with Crippen LogP contribution < -0.4 is 14.2 Å². The molecule has 0 spiro atoms. The van der Waals surface area contributed by atoms with Gasteiger partial charge in [-0.15, -0.1) is 0 Å². The van der Waals surface area contributed by atoms with Crippen LogP contribution in [0.1, 0.15) is 20.8 Å². The minimum Gasteiger partial charge on any atom is -0.508 e. The lowest BCUT2D eigenvalue weighted by molar-refractivity contribution is -0.135. The number of phenolic OH excluding ortho intramolecular Hbond substituents is 1. The summed E-state index contributed by atoms with van der Waals surface area (Å²) in [4.78, 5) is 32.9. The molecule has 0 heterocycles. The number of ether oxygens (including phenoxy) is 3. The summed E-state index contributed by atoms with van der Waals surface area (Å²) >= 11 is 0. The summed E-state index contributed by atoms with van der Waals surface area (Å²) in [7, 11) is 0. The Bertz CT molecular complexity index is 496. The lowest BCUT2D eigenvalue weighted by Crippen LogP contribution is -2.10. The average Bonchev–Trinajstić information content (AvgIpc) is 2.20. The molecule has 1 aromatic rings. The monoisotopic (exact) mass is 268 g/mol. The number of hydrogen-bond acceptors (Lipinski definition) is 7. The van der Waals surface area contributed by atoms with E-state index in [9.17, 15) is 19.5 Å². The highest BCUT2D eigenvalue weighted by molar-refractivity contribution is 5.78. The van der Waals surface area contributed by atoms with Gasteiger partial charge in [0.25, 0.3) is 0 Å². The van der Waals surface area contributed by atoms with E-state index in [2.05, 4.69) is 0 Å². The van der Waals surface area contributed by atoms with Crippen molar-refractivity contribution in [2.45, 2.75) is 20.8 Å². The molecular formula is C12H12O7. The SMILES string of the molecule is CC(=O)Oc1cc(O)cc(OC(C)=O)c1OC(C)=O. The fourth-order valence-corrected chi connectivity index (χ4v) is 1.27. The minimum atomic E-state index is -0.701. The summed E-state index contributed by atoms with van der Waals surface area (Å²) in [6.45, 7) is 3.39. The number of aromatic hydroxyl groups is 1. The molecule has 0 atom stereocenters. The van der Waals surface area contributed by atoms with E-state index < -0.39 is 17.9 Å². The van der Waals surface area contributed by atoms with Gasteiger partial charge in [0.05, 0.1) is 0 Å². The quantitative estimate of drug-likeness (QED) is 0.648. The second kappa shape index (κ2) is 5.85. The molecule has 1 N–H and O–H groups in total. The first-order valence-electron chi connectivity index (χ1n) is 5.22. The molecule has 0 saturated carbocycles. The lowest BCUT2D eigenvalue weighted by Gasteiger charge is -2.13. The van der Waals surface area contributed by atoms with E-state index >= 15 is 0 Å². The van der Waals surface area contributed by atoms with Gasteiger partial charge in [-0.3, -0.25) is 14.4 Å². The van der Waals surface area contributed by atoms with Crippen molar-refractivity contribution >= 4 is 17.9 Å². The van der Waals surface area contributed by atoms with Crippen LogP contribution in [-0.2, 0) is 14.4 Å². The highest BCUT2D eigenvalue weighted by atomic mass is 16.6. The van der Waals surface area contributed by atoms with Gasteiger partial charge in [-0.1, -0.05) is 0 Å². The Morgan fingerprint density at radius 1 is 0.842 bits per heavy atom. The fraction of sp³-hybridized carbons (Fsp3) is 0.250. The normalized spacial score (nSPS) is 9.63. The molecule has 0 fully saturated rings. The standard InChI is InChI=1S/C12H12O7/c1-6(13)17-10-4-9(16)5-11(18-7(2)14)12(10)19-8(3)15/h4-5,16H,1-3H3. The maximum Gasteiger partial charge on any atom is 0.308 e. The maximum absolute atomic E-state index is 11.0. The molecule has 0 bridgehead atoms. The molecule has 0 radical (unpaired) electrons. The molecule has 7 heteroatoms. The van der Waals surface area contributed by atoms with Crippen LogP contribution in [0.15, 0.2) is 12.1 Å². The Morgan fingerprint density at radius 3 is 1.53 bits per heavy atom. The van der Waals surface area contributed by atoms with E-state index in [4.69, 9.17) is 14.2 Å². The predicted octanol–water partition coefficient (Wildman–Crippen LogP) is 1.17. The average molecular weight is 268 g/mol. The first-order chi connectivity index (χ1) is 8.79. The van der Waals surface area contributed by atoms with Gasteiger partial charge in [-0.25, -0.2) is 0 Å². The Hall–Kier alpha value is -2.57. The number of carbonyl (C=O) groups is 3. The Morgan fingerprint density at radius 2 is 1.21 bits per heavy atom. The van der Waals surface area contributed by atoms with Crippen molar-refractivity contribution in [3.63, 3.8) is 0 Å². The number of hydrogen-bond donors (Lipinski definition) is 1. The Balaban J connectivity index is 3.33. The fourth-order valence-electron chi connectivity index (χ4n) is 1.27. The lowest BCUT2D eigenvalue weighted by atomic mass is 10.2. The summed E-state index contributed by atoms with van der Waals surface area (Å²) in [5, 5.41) is 9.46. The zero-order valence-corrected chi connectivity index (χ0v) is 10.6. The van der Waals surface area contributed by atoms with Crippen molar-refractivity contribution in [3.05, 3.63) is 12.1 Å². The van der Waals surface area contributed by atoms with Crippen molar-refractivity contribution in [2.75, 3.05) is 0 Å². The number of esters is 3. The van der Waals surface area contributed by atoms with Crippen LogP contribution >= 0.6 is 0 Å². The van der Waals surface area contributed by atoms with E-state index in [1.807, 2.05) is 0 Å². The van der Waals surface area contributed by atoms with E-state index in [-0.39, 0.29) is 23.0 Å². The largest absolute Gasteiger partial charge is 0.508 e. The van der Waals surface area contributed by atoms with Crippen LogP contribution in [0.5, 0.6) is 23.0 Å². The Labute approximate surface area is 108 Å². The van der Waals surface area contributed by atoms with Crippen molar-refractivity contribution in [3.8, 4) is 23.0 Å². The van der Waals surface area contributed by atoms with Crippen molar-refractivity contribution < 1.29 is 33.7 Å². The molecule has 0 aromatic heterocycles. The number of phenols is 1. The summed E-state index contributed by atoms with van der Waals surface area (Å²) < 4.78 is 14.4. The van der Waals surface area contributed by atoms with E-state index in [1.54, 1.807) is 0 Å². The van der Waals surface area contributed by atoms with Crippen LogP contribution in [-0.4, -0.2) is 23.0 Å². The molecule has 0 saturated heterocycles. The van der Waals surface area contributed by atoms with Crippen LogP contribution in [0, 0.1) is 0 Å². The van der Waals surface area contributed by atoms with E-state index in [1.165, 1.54) is 0 Å². The zero-order chi connectivity index (χ0) is 14.6. The van der Waals surface area contributed by atoms with Crippen LogP contribution in [0.2, 0.25) is 0 Å². The van der Waals surface area contributed by atoms with Crippen molar-refractivity contribution in [1.29, 1.82) is 0 Å². The zero-order valence-electron chi connectivity index (χ0n) is 10.6. The van der Waals surface area contributed by atoms with Crippen molar-refractivity contribution in [2.24, 2.45) is 0 Å². The van der Waals surface area contributed by atoms with Gasteiger partial charge < -0.3 is 19.3 Å². The molecule has 0 unspecified atom stereocenters. The van der Waals surface area contributed by atoms with Gasteiger partial charge in [0.2, 0.25) is 5.75 Å². The van der Waals surface area contributed by atoms with Gasteiger partial charge >= 0.3 is 17.9 Å². The highest BCUT2D eigenvalue weighted by Crippen LogP contribution is 2.41. The molecule has 1 rings (SSSR count). The van der Waals surface area contributed by atoms with Crippen LogP contribution in [0.4, 0.5) is 0 Å². The van der Waals surface area contributed by atoms with Gasteiger partial charge in [0, 0.05) is 32.9 Å². The van der Waals surface area contributed by atoms with Gasteiger partial charge in [0.15, 0.2) is 11.5 Å². The predicted molar refractivity (Wildman–Crippen MR) is 62.0 cm³/mol. The third kappa shape index (κ3) is 4.30. The summed E-state index contributed by atoms with van der Waals surface area (Å²) in [6, 6.07) is 2.12. The molecular weight excluding hydrogens is 256 g/mol. The second-order valence-corrected chi connectivity index (χ2v) is 3.55. The number of benzene rings is 1. The molecule has 0 amide bonds. The molecule has 19 heavy (non-hydrogen) atoms. The first kappa shape index (κ1) is 14.5. The van der Waals surface area contributed by atoms with Gasteiger partial charge in [-0.05, 0) is 0 Å². The maximum atomic E-state index is 11.0. The first-order valence-corrected chi connectivity index (χ1v) is 5.22. The molecule has 102 valence electrons. The highest BCUT2D eigenvalue weighted by Gasteiger charge is 2.19. The smallest absolute Gasteiger partial charge is 0.308 e. The summed E-state index contributed by atoms with van der Waals surface area (Å²) in [5.74, 6) is -3.09. The number of rotatable bonds is 3. The topological polar surface area (TPSA) is 99.1 Å². The molecule has 7 nitrogen and oxygen atoms in total. The minimum absolute atomic E-state index is 0.223. The summed E-state index contributed by atoms with van der Waals surface area (Å²) in [5.41, 5.74) is 0. The van der Waals surface area contributed by atoms with Crippen LogP contribution in [0.3, 0.4) is 0 Å². The molecule has 0 aliphatic carbocycles. The third-order valence-corrected chi connectivity index (χ3v) is 1.76. The summed E-state index contributed by atoms with van der Waals surface area (Å²) in [6.07, 6.45) is 0. The molecule has 1 aromatic carbocycles. The second-order valence-electron chi connectivity index (χ2n) is 3.55. The molecule has 0 aliphatic rings. The van der Waals surface area contributed by atoms with Crippen LogP contribution in [0.25, 0.3) is 0 Å². The number of carbonyl (C=O) groups excluding carboxylic acids is 3. The molecule has 0 aliphatic heterocycles. The van der Waals surface area contributed by atoms with Gasteiger partial charge in [-0.2, -0.15) is 0 Å². The Kier molecular flexibility index (Phi) is 4.46. The van der Waals surface area contributed by atoms with E-state index in [0.717, 1.165) is 32.9 Å². The van der Waals surface area contributed by atoms with E-state index in [0.29, 0.717) is 0 Å². The third-order valence-electron chi connectivity index (χ3n) is 1.76.